The Morgan fingerprint density at radius 1 is 1.23 bits per heavy atom. The molecule has 0 radical (unpaired) electrons. The molecule has 1 aromatic heterocycles. The van der Waals surface area contributed by atoms with E-state index in [9.17, 15) is 18.0 Å². The normalized spacial score (nSPS) is 11.2. The quantitative estimate of drug-likeness (QED) is 0.751. The predicted molar refractivity (Wildman–Crippen MR) is 95.0 cm³/mol. The summed E-state index contributed by atoms with van der Waals surface area (Å²) in [6, 6.07) is 11.2. The number of thioether (sulfide) groups is 1. The highest BCUT2D eigenvalue weighted by atomic mass is 32.2. The summed E-state index contributed by atoms with van der Waals surface area (Å²) in [5.74, 6) is 0.637. The highest BCUT2D eigenvalue weighted by molar-refractivity contribution is 7.99. The molecule has 2 aromatic rings. The molecule has 1 amide bonds. The van der Waals surface area contributed by atoms with Crippen LogP contribution in [0.3, 0.4) is 0 Å². The van der Waals surface area contributed by atoms with E-state index in [2.05, 4.69) is 15.0 Å². The molecule has 2 rings (SSSR count). The molecule has 0 saturated heterocycles. The molecular formula is C18H19F3N2O2S. The molecule has 8 heteroatoms. The van der Waals surface area contributed by atoms with Crippen molar-refractivity contribution in [1.29, 1.82) is 0 Å². The molecule has 0 bridgehead atoms. The summed E-state index contributed by atoms with van der Waals surface area (Å²) in [5, 5.41) is 2.67. The molecule has 0 saturated carbocycles. The zero-order valence-electron chi connectivity index (χ0n) is 14.2. The number of carbonyl (C=O) groups excluding carboxylic acids is 1. The van der Waals surface area contributed by atoms with E-state index in [-0.39, 0.29) is 24.1 Å². The number of pyridine rings is 1. The molecule has 0 spiro atoms. The number of ether oxygens (including phenoxy) is 1. The van der Waals surface area contributed by atoms with Crippen molar-refractivity contribution < 1.29 is 22.7 Å². The lowest BCUT2D eigenvalue weighted by Gasteiger charge is -2.12. The van der Waals surface area contributed by atoms with Crippen LogP contribution < -0.4 is 10.1 Å². The molecule has 26 heavy (non-hydrogen) atoms. The standard InChI is InChI=1S/C18H19F3N2O2S/c1-13-4-6-14(7-5-13)10-26-11-16(24)23-9-15-3-2-8-22-17(15)25-12-18(19,20)21/h2-8H,9-12H2,1H3,(H,23,24). The Bertz CT molecular complexity index is 721. The molecule has 1 N–H and O–H groups in total. The Hall–Kier alpha value is -2.22. The highest BCUT2D eigenvalue weighted by Gasteiger charge is 2.29. The molecule has 0 fully saturated rings. The van der Waals surface area contributed by atoms with Gasteiger partial charge >= 0.3 is 6.18 Å². The number of halogens is 3. The Balaban J connectivity index is 1.77. The summed E-state index contributed by atoms with van der Waals surface area (Å²) in [4.78, 5) is 15.7. The first-order chi connectivity index (χ1) is 12.3. The first-order valence-electron chi connectivity index (χ1n) is 7.87. The number of hydrogen-bond donors (Lipinski definition) is 1. The van der Waals surface area contributed by atoms with Gasteiger partial charge in [-0.15, -0.1) is 11.8 Å². The molecule has 0 aliphatic heterocycles. The maximum Gasteiger partial charge on any atom is 0.422 e. The van der Waals surface area contributed by atoms with Gasteiger partial charge in [-0.1, -0.05) is 35.9 Å². The van der Waals surface area contributed by atoms with Crippen molar-refractivity contribution in [1.82, 2.24) is 10.3 Å². The van der Waals surface area contributed by atoms with Crippen LogP contribution >= 0.6 is 11.8 Å². The van der Waals surface area contributed by atoms with Gasteiger partial charge < -0.3 is 10.1 Å². The number of aryl methyl sites for hydroxylation is 1. The van der Waals surface area contributed by atoms with Crippen LogP contribution in [0.2, 0.25) is 0 Å². The van der Waals surface area contributed by atoms with Gasteiger partial charge in [0.05, 0.1) is 5.75 Å². The molecule has 0 atom stereocenters. The Kier molecular flexibility index (Phi) is 7.32. The van der Waals surface area contributed by atoms with E-state index in [0.717, 1.165) is 5.56 Å². The summed E-state index contributed by atoms with van der Waals surface area (Å²) in [6.45, 7) is 0.651. The lowest BCUT2D eigenvalue weighted by atomic mass is 10.2. The SMILES string of the molecule is Cc1ccc(CSCC(=O)NCc2cccnc2OCC(F)(F)F)cc1. The van der Waals surface area contributed by atoms with Crippen LogP contribution in [0.4, 0.5) is 13.2 Å². The molecule has 0 aliphatic rings. The molecule has 1 heterocycles. The van der Waals surface area contributed by atoms with Crippen LogP contribution in [0.1, 0.15) is 16.7 Å². The fourth-order valence-electron chi connectivity index (χ4n) is 2.03. The Morgan fingerprint density at radius 2 is 1.96 bits per heavy atom. The van der Waals surface area contributed by atoms with Gasteiger partial charge in [0.15, 0.2) is 6.61 Å². The molecule has 140 valence electrons. The number of aromatic nitrogens is 1. The third kappa shape index (κ3) is 7.35. The summed E-state index contributed by atoms with van der Waals surface area (Å²) in [6.07, 6.45) is -3.10. The number of benzene rings is 1. The zero-order valence-corrected chi connectivity index (χ0v) is 15.0. The van der Waals surface area contributed by atoms with E-state index in [1.807, 2.05) is 31.2 Å². The number of hydrogen-bond acceptors (Lipinski definition) is 4. The van der Waals surface area contributed by atoms with Crippen molar-refractivity contribution in [3.63, 3.8) is 0 Å². The monoisotopic (exact) mass is 384 g/mol. The minimum atomic E-state index is -4.44. The summed E-state index contributed by atoms with van der Waals surface area (Å²) in [5.41, 5.74) is 2.70. The van der Waals surface area contributed by atoms with Gasteiger partial charge in [0.2, 0.25) is 11.8 Å². The van der Waals surface area contributed by atoms with Gasteiger partial charge in [-0.25, -0.2) is 4.98 Å². The van der Waals surface area contributed by atoms with Crippen LogP contribution in [0.25, 0.3) is 0 Å². The first kappa shape index (κ1) is 20.1. The maximum atomic E-state index is 12.3. The summed E-state index contributed by atoms with van der Waals surface area (Å²) < 4.78 is 41.5. The fourth-order valence-corrected chi connectivity index (χ4v) is 2.85. The zero-order chi connectivity index (χ0) is 19.0. The van der Waals surface area contributed by atoms with Gasteiger partial charge in [0.25, 0.3) is 0 Å². The van der Waals surface area contributed by atoms with Crippen molar-refractivity contribution in [3.05, 3.63) is 59.3 Å². The largest absolute Gasteiger partial charge is 0.468 e. The van der Waals surface area contributed by atoms with Crippen LogP contribution in [0.5, 0.6) is 5.88 Å². The smallest absolute Gasteiger partial charge is 0.422 e. The number of nitrogens with zero attached hydrogens (tertiary/aromatic N) is 1. The molecule has 0 unspecified atom stereocenters. The number of nitrogens with one attached hydrogen (secondary N) is 1. The number of carbonyl (C=O) groups is 1. The number of rotatable bonds is 8. The second-order valence-electron chi connectivity index (χ2n) is 5.63. The van der Waals surface area contributed by atoms with E-state index in [4.69, 9.17) is 0 Å². The Morgan fingerprint density at radius 3 is 2.65 bits per heavy atom. The summed E-state index contributed by atoms with van der Waals surface area (Å²) in [7, 11) is 0. The predicted octanol–water partition coefficient (Wildman–Crippen LogP) is 3.88. The Labute approximate surface area is 154 Å². The minimum absolute atomic E-state index is 0.0605. The van der Waals surface area contributed by atoms with Gasteiger partial charge in [0, 0.05) is 24.1 Å². The fraction of sp³-hybridized carbons (Fsp3) is 0.333. The van der Waals surface area contributed by atoms with Crippen LogP contribution in [-0.2, 0) is 17.1 Å². The van der Waals surface area contributed by atoms with E-state index in [0.29, 0.717) is 11.3 Å². The van der Waals surface area contributed by atoms with Gasteiger partial charge in [-0.3, -0.25) is 4.79 Å². The van der Waals surface area contributed by atoms with Crippen molar-refractivity contribution >= 4 is 17.7 Å². The average Bonchev–Trinajstić information content (AvgIpc) is 2.60. The molecule has 1 aromatic carbocycles. The third-order valence-electron chi connectivity index (χ3n) is 3.32. The lowest BCUT2D eigenvalue weighted by Crippen LogP contribution is -2.26. The highest BCUT2D eigenvalue weighted by Crippen LogP contribution is 2.20. The topological polar surface area (TPSA) is 51.2 Å². The summed E-state index contributed by atoms with van der Waals surface area (Å²) >= 11 is 1.47. The van der Waals surface area contributed by atoms with Crippen molar-refractivity contribution in [2.75, 3.05) is 12.4 Å². The van der Waals surface area contributed by atoms with Gasteiger partial charge in [0.1, 0.15) is 0 Å². The van der Waals surface area contributed by atoms with Crippen molar-refractivity contribution in [3.8, 4) is 5.88 Å². The van der Waals surface area contributed by atoms with Crippen LogP contribution in [0.15, 0.2) is 42.6 Å². The van der Waals surface area contributed by atoms with Crippen LogP contribution in [-0.4, -0.2) is 29.4 Å². The van der Waals surface area contributed by atoms with E-state index in [1.54, 1.807) is 12.1 Å². The van der Waals surface area contributed by atoms with Crippen molar-refractivity contribution in [2.24, 2.45) is 0 Å². The average molecular weight is 384 g/mol. The van der Waals surface area contributed by atoms with E-state index >= 15 is 0 Å². The van der Waals surface area contributed by atoms with E-state index in [1.165, 1.54) is 23.5 Å². The number of alkyl halides is 3. The molecule has 4 nitrogen and oxygen atoms in total. The third-order valence-corrected chi connectivity index (χ3v) is 4.32. The second-order valence-corrected chi connectivity index (χ2v) is 6.61. The molecular weight excluding hydrogens is 365 g/mol. The van der Waals surface area contributed by atoms with Crippen molar-refractivity contribution in [2.45, 2.75) is 25.4 Å². The second kappa shape index (κ2) is 9.47. The molecule has 0 aliphatic carbocycles. The lowest BCUT2D eigenvalue weighted by molar-refractivity contribution is -0.154. The maximum absolute atomic E-state index is 12.3. The van der Waals surface area contributed by atoms with Gasteiger partial charge in [-0.2, -0.15) is 13.2 Å². The van der Waals surface area contributed by atoms with Gasteiger partial charge in [-0.05, 0) is 18.6 Å². The minimum Gasteiger partial charge on any atom is -0.468 e. The van der Waals surface area contributed by atoms with Crippen LogP contribution in [0, 0.1) is 6.92 Å². The number of amides is 1. The van der Waals surface area contributed by atoms with E-state index < -0.39 is 12.8 Å². The first-order valence-corrected chi connectivity index (χ1v) is 9.02.